The molecule has 0 saturated heterocycles. The Bertz CT molecular complexity index is 703. The number of rotatable bonds is 6. The molecule has 0 saturated carbocycles. The van der Waals surface area contributed by atoms with E-state index in [-0.39, 0.29) is 37.9 Å². The fourth-order valence-corrected chi connectivity index (χ4v) is 2.23. The minimum absolute atomic E-state index is 0.0104. The lowest BCUT2D eigenvalue weighted by molar-refractivity contribution is 0.101. The van der Waals surface area contributed by atoms with Crippen LogP contribution >= 0.6 is 0 Å². The van der Waals surface area contributed by atoms with Crippen molar-refractivity contribution in [1.29, 1.82) is 0 Å². The predicted octanol–water partition coefficient (Wildman–Crippen LogP) is 1.21. The summed E-state index contributed by atoms with van der Waals surface area (Å²) in [5.41, 5.74) is 2.77. The Hall–Kier alpha value is -2.22. The Morgan fingerprint density at radius 1 is 0.826 bits per heavy atom. The van der Waals surface area contributed by atoms with Crippen LogP contribution in [0.2, 0.25) is 0 Å². The van der Waals surface area contributed by atoms with Crippen LogP contribution in [0.5, 0.6) is 11.5 Å². The Labute approximate surface area is 133 Å². The summed E-state index contributed by atoms with van der Waals surface area (Å²) >= 11 is 0. The van der Waals surface area contributed by atoms with Gasteiger partial charge in [0.15, 0.2) is 0 Å². The molecule has 0 radical (unpaired) electrons. The number of nitrogens with zero attached hydrogens (tertiary/aromatic N) is 2. The minimum Gasteiger partial charge on any atom is -0.506 e. The van der Waals surface area contributed by atoms with E-state index < -0.39 is 0 Å². The van der Waals surface area contributed by atoms with Crippen LogP contribution in [-0.2, 0) is 31.2 Å². The normalized spacial score (nSPS) is 11.0. The number of hydrogen-bond donors (Lipinski definition) is 4. The summed E-state index contributed by atoms with van der Waals surface area (Å²) in [6, 6.07) is 0. The van der Waals surface area contributed by atoms with Crippen LogP contribution in [0.4, 0.5) is 0 Å². The van der Waals surface area contributed by atoms with E-state index in [9.17, 15) is 20.4 Å². The second-order valence-electron chi connectivity index (χ2n) is 5.20. The lowest BCUT2D eigenvalue weighted by atomic mass is 10.1. The molecule has 2 heterocycles. The van der Waals surface area contributed by atoms with E-state index in [1.54, 1.807) is 13.8 Å². The molecule has 0 unspecified atom stereocenters. The van der Waals surface area contributed by atoms with Gasteiger partial charge in [0.05, 0.1) is 37.8 Å². The molecule has 0 aromatic carbocycles. The average molecular weight is 320 g/mol. The maximum absolute atomic E-state index is 10.0. The third-order valence-electron chi connectivity index (χ3n) is 3.69. The summed E-state index contributed by atoms with van der Waals surface area (Å²) in [6.07, 6.45) is 3.03. The van der Waals surface area contributed by atoms with E-state index in [0.29, 0.717) is 33.6 Å². The van der Waals surface area contributed by atoms with Crippen LogP contribution in [0.15, 0.2) is 12.4 Å². The zero-order valence-electron chi connectivity index (χ0n) is 13.1. The molecular weight excluding hydrogens is 300 g/mol. The van der Waals surface area contributed by atoms with Gasteiger partial charge < -0.3 is 25.2 Å². The molecule has 0 atom stereocenters. The molecule has 0 aliphatic heterocycles. The number of aromatic hydroxyl groups is 2. The number of aliphatic hydroxyl groups is 2. The van der Waals surface area contributed by atoms with Crippen molar-refractivity contribution in [2.24, 2.45) is 0 Å². The molecule has 23 heavy (non-hydrogen) atoms. The second-order valence-corrected chi connectivity index (χ2v) is 5.20. The Kier molecular flexibility index (Phi) is 5.49. The SMILES string of the molecule is Cc1ncc(COCc2c(CO)cnc(C)c2O)c(CO)c1O. The third kappa shape index (κ3) is 3.58. The van der Waals surface area contributed by atoms with Gasteiger partial charge in [-0.05, 0) is 13.8 Å². The van der Waals surface area contributed by atoms with Gasteiger partial charge in [0.1, 0.15) is 11.5 Å². The highest BCUT2D eigenvalue weighted by atomic mass is 16.5. The number of pyridine rings is 2. The monoisotopic (exact) mass is 320 g/mol. The van der Waals surface area contributed by atoms with Crippen LogP contribution in [-0.4, -0.2) is 30.4 Å². The maximum atomic E-state index is 10.0. The highest BCUT2D eigenvalue weighted by molar-refractivity contribution is 5.41. The molecule has 4 N–H and O–H groups in total. The first kappa shape index (κ1) is 17.1. The van der Waals surface area contributed by atoms with Gasteiger partial charge in [-0.15, -0.1) is 0 Å². The van der Waals surface area contributed by atoms with Gasteiger partial charge in [-0.2, -0.15) is 0 Å². The van der Waals surface area contributed by atoms with Crippen molar-refractivity contribution in [2.45, 2.75) is 40.3 Å². The first-order chi connectivity index (χ1) is 11.0. The molecule has 0 spiro atoms. The molecule has 0 aliphatic carbocycles. The summed E-state index contributed by atoms with van der Waals surface area (Å²) in [6.45, 7) is 2.88. The van der Waals surface area contributed by atoms with E-state index in [1.807, 2.05) is 0 Å². The lowest BCUT2D eigenvalue weighted by Gasteiger charge is -2.14. The van der Waals surface area contributed by atoms with Crippen molar-refractivity contribution in [3.63, 3.8) is 0 Å². The van der Waals surface area contributed by atoms with Crippen molar-refractivity contribution >= 4 is 0 Å². The Morgan fingerprint density at radius 3 is 1.96 bits per heavy atom. The van der Waals surface area contributed by atoms with E-state index in [4.69, 9.17) is 4.74 Å². The van der Waals surface area contributed by atoms with Gasteiger partial charge in [0.2, 0.25) is 0 Å². The lowest BCUT2D eigenvalue weighted by Crippen LogP contribution is -2.04. The molecule has 7 nitrogen and oxygen atoms in total. The Morgan fingerprint density at radius 2 is 1.39 bits per heavy atom. The molecule has 0 amide bonds. The first-order valence-corrected chi connectivity index (χ1v) is 7.11. The van der Waals surface area contributed by atoms with Crippen molar-refractivity contribution in [1.82, 2.24) is 9.97 Å². The largest absolute Gasteiger partial charge is 0.506 e. The first-order valence-electron chi connectivity index (χ1n) is 7.11. The van der Waals surface area contributed by atoms with Crippen LogP contribution in [0.3, 0.4) is 0 Å². The summed E-state index contributed by atoms with van der Waals surface area (Å²) in [5, 5.41) is 38.6. The minimum atomic E-state index is -0.324. The summed E-state index contributed by atoms with van der Waals surface area (Å²) in [4.78, 5) is 8.02. The fourth-order valence-electron chi connectivity index (χ4n) is 2.23. The number of ether oxygens (including phenoxy) is 1. The van der Waals surface area contributed by atoms with Gasteiger partial charge in [0, 0.05) is 34.6 Å². The molecule has 0 aliphatic rings. The van der Waals surface area contributed by atoms with Crippen molar-refractivity contribution in [3.05, 3.63) is 46.0 Å². The molecule has 7 heteroatoms. The van der Waals surface area contributed by atoms with Crippen LogP contribution < -0.4 is 0 Å². The van der Waals surface area contributed by atoms with E-state index >= 15 is 0 Å². The van der Waals surface area contributed by atoms with Crippen LogP contribution in [0, 0.1) is 13.8 Å². The quantitative estimate of drug-likeness (QED) is 0.632. The molecular formula is C16H20N2O5. The van der Waals surface area contributed by atoms with Crippen molar-refractivity contribution in [2.75, 3.05) is 0 Å². The predicted molar refractivity (Wildman–Crippen MR) is 81.6 cm³/mol. The average Bonchev–Trinajstić information content (AvgIpc) is 2.55. The molecule has 0 fully saturated rings. The number of aliphatic hydroxyl groups excluding tert-OH is 2. The molecule has 2 rings (SSSR count). The number of aryl methyl sites for hydroxylation is 2. The standard InChI is InChI=1S/C16H20N2O5/c1-9-15(21)13(6-20)12(4-18-9)7-23-8-14-11(5-19)3-17-10(2)16(14)22/h3-4,19-22H,5-8H2,1-2H3. The van der Waals surface area contributed by atoms with Crippen LogP contribution in [0.25, 0.3) is 0 Å². The number of hydrogen-bond acceptors (Lipinski definition) is 7. The summed E-state index contributed by atoms with van der Waals surface area (Å²) < 4.78 is 5.56. The van der Waals surface area contributed by atoms with Gasteiger partial charge in [-0.1, -0.05) is 0 Å². The van der Waals surface area contributed by atoms with Crippen LogP contribution in [0.1, 0.15) is 33.6 Å². The smallest absolute Gasteiger partial charge is 0.142 e. The topological polar surface area (TPSA) is 116 Å². The molecule has 124 valence electrons. The number of aromatic nitrogens is 2. The van der Waals surface area contributed by atoms with E-state index in [1.165, 1.54) is 12.4 Å². The highest BCUT2D eigenvalue weighted by Gasteiger charge is 2.14. The molecule has 2 aromatic heterocycles. The van der Waals surface area contributed by atoms with Gasteiger partial charge in [-0.25, -0.2) is 0 Å². The third-order valence-corrected chi connectivity index (χ3v) is 3.69. The van der Waals surface area contributed by atoms with Gasteiger partial charge in [0.25, 0.3) is 0 Å². The van der Waals surface area contributed by atoms with Crippen molar-refractivity contribution in [3.8, 4) is 11.5 Å². The maximum Gasteiger partial charge on any atom is 0.142 e. The van der Waals surface area contributed by atoms with E-state index in [0.717, 1.165) is 0 Å². The second kappa shape index (κ2) is 7.36. The highest BCUT2D eigenvalue weighted by Crippen LogP contribution is 2.27. The molecule has 2 aromatic rings. The van der Waals surface area contributed by atoms with Gasteiger partial charge in [-0.3, -0.25) is 9.97 Å². The zero-order valence-corrected chi connectivity index (χ0v) is 13.1. The fraction of sp³-hybridized carbons (Fsp3) is 0.375. The Balaban J connectivity index is 2.15. The zero-order chi connectivity index (χ0) is 17.0. The summed E-state index contributed by atoms with van der Waals surface area (Å²) in [5.74, 6) is -0.0592. The summed E-state index contributed by atoms with van der Waals surface area (Å²) in [7, 11) is 0. The van der Waals surface area contributed by atoms with Crippen molar-refractivity contribution < 1.29 is 25.2 Å². The molecule has 0 bridgehead atoms. The van der Waals surface area contributed by atoms with Gasteiger partial charge >= 0.3 is 0 Å². The van der Waals surface area contributed by atoms with E-state index in [2.05, 4.69) is 9.97 Å².